The van der Waals surface area contributed by atoms with Gasteiger partial charge in [0.1, 0.15) is 0 Å². The number of aliphatic hydroxyl groups excluding tert-OH is 1. The summed E-state index contributed by atoms with van der Waals surface area (Å²) in [7, 11) is 0. The van der Waals surface area contributed by atoms with Crippen LogP contribution < -0.4 is 5.32 Å². The molecule has 2 atom stereocenters. The predicted octanol–water partition coefficient (Wildman–Crippen LogP) is 4.27. The molecule has 2 unspecified atom stereocenters. The molecule has 22 heavy (non-hydrogen) atoms. The van der Waals surface area contributed by atoms with Gasteiger partial charge in [0, 0.05) is 23.4 Å². The van der Waals surface area contributed by atoms with Crippen LogP contribution in [-0.2, 0) is 0 Å². The molecule has 3 nitrogen and oxygen atoms in total. The SMILES string of the molecule is Cc1ccccc1C(O)CNC(C)c1sc(C(C)C)nc1C. The Morgan fingerprint density at radius 1 is 1.18 bits per heavy atom. The minimum atomic E-state index is -0.485. The van der Waals surface area contributed by atoms with Crippen LogP contribution in [0.3, 0.4) is 0 Å². The molecule has 4 heteroatoms. The summed E-state index contributed by atoms with van der Waals surface area (Å²) < 4.78 is 0. The van der Waals surface area contributed by atoms with Crippen molar-refractivity contribution in [1.82, 2.24) is 10.3 Å². The number of nitrogens with one attached hydrogen (secondary N) is 1. The monoisotopic (exact) mass is 318 g/mol. The van der Waals surface area contributed by atoms with Crippen molar-refractivity contribution >= 4 is 11.3 Å². The quantitative estimate of drug-likeness (QED) is 0.836. The topological polar surface area (TPSA) is 45.1 Å². The third-order valence-electron chi connectivity index (χ3n) is 3.90. The molecular formula is C18H26N2OS. The first kappa shape index (κ1) is 17.1. The highest BCUT2D eigenvalue weighted by atomic mass is 32.1. The number of benzene rings is 1. The highest BCUT2D eigenvalue weighted by molar-refractivity contribution is 7.11. The molecule has 1 heterocycles. The molecule has 0 aliphatic rings. The van der Waals surface area contributed by atoms with Crippen LogP contribution in [0.1, 0.15) is 65.5 Å². The number of hydrogen-bond acceptors (Lipinski definition) is 4. The van der Waals surface area contributed by atoms with Gasteiger partial charge in [0.15, 0.2) is 0 Å². The molecule has 0 saturated carbocycles. The van der Waals surface area contributed by atoms with Crippen LogP contribution >= 0.6 is 11.3 Å². The van der Waals surface area contributed by atoms with Crippen LogP contribution in [0.25, 0.3) is 0 Å². The van der Waals surface area contributed by atoms with E-state index in [1.54, 1.807) is 11.3 Å². The third kappa shape index (κ3) is 3.94. The van der Waals surface area contributed by atoms with E-state index in [9.17, 15) is 5.11 Å². The van der Waals surface area contributed by atoms with Gasteiger partial charge in [-0.05, 0) is 31.9 Å². The van der Waals surface area contributed by atoms with Crippen molar-refractivity contribution in [2.24, 2.45) is 0 Å². The number of nitrogens with zero attached hydrogens (tertiary/aromatic N) is 1. The zero-order valence-corrected chi connectivity index (χ0v) is 14.9. The Bertz CT molecular complexity index is 621. The molecule has 1 aromatic heterocycles. The maximum atomic E-state index is 10.4. The Labute approximate surface area is 137 Å². The molecule has 0 aliphatic carbocycles. The molecule has 120 valence electrons. The molecule has 0 spiro atoms. The number of aryl methyl sites for hydroxylation is 2. The average molecular weight is 318 g/mol. The summed E-state index contributed by atoms with van der Waals surface area (Å²) in [6.07, 6.45) is -0.485. The maximum Gasteiger partial charge on any atom is 0.0956 e. The van der Waals surface area contributed by atoms with E-state index in [1.807, 2.05) is 31.2 Å². The van der Waals surface area contributed by atoms with Gasteiger partial charge < -0.3 is 10.4 Å². The van der Waals surface area contributed by atoms with E-state index < -0.39 is 6.10 Å². The van der Waals surface area contributed by atoms with Crippen molar-refractivity contribution in [3.8, 4) is 0 Å². The number of aromatic nitrogens is 1. The summed E-state index contributed by atoms with van der Waals surface area (Å²) in [5.41, 5.74) is 3.21. The van der Waals surface area contributed by atoms with E-state index in [1.165, 1.54) is 9.88 Å². The zero-order chi connectivity index (χ0) is 16.3. The minimum absolute atomic E-state index is 0.198. The van der Waals surface area contributed by atoms with Crippen LogP contribution in [0.2, 0.25) is 0 Å². The van der Waals surface area contributed by atoms with Crippen molar-refractivity contribution in [2.75, 3.05) is 6.54 Å². The van der Waals surface area contributed by atoms with Gasteiger partial charge in [0.05, 0.1) is 16.8 Å². The number of hydrogen-bond donors (Lipinski definition) is 2. The summed E-state index contributed by atoms with van der Waals surface area (Å²) in [5, 5.41) is 15.0. The summed E-state index contributed by atoms with van der Waals surface area (Å²) in [4.78, 5) is 5.91. The van der Waals surface area contributed by atoms with Gasteiger partial charge in [-0.25, -0.2) is 4.98 Å². The molecule has 0 saturated heterocycles. The molecule has 0 bridgehead atoms. The van der Waals surface area contributed by atoms with Gasteiger partial charge in [-0.15, -0.1) is 11.3 Å². The van der Waals surface area contributed by atoms with Gasteiger partial charge in [-0.1, -0.05) is 38.1 Å². The molecular weight excluding hydrogens is 292 g/mol. The van der Waals surface area contributed by atoms with Crippen LogP contribution in [-0.4, -0.2) is 16.6 Å². The molecule has 1 aromatic carbocycles. The Hall–Kier alpha value is -1.23. The van der Waals surface area contributed by atoms with E-state index in [0.717, 1.165) is 16.8 Å². The molecule has 0 radical (unpaired) electrons. The smallest absolute Gasteiger partial charge is 0.0956 e. The summed E-state index contributed by atoms with van der Waals surface area (Å²) in [6.45, 7) is 11.1. The highest BCUT2D eigenvalue weighted by Gasteiger charge is 2.17. The normalized spacial score (nSPS) is 14.3. The third-order valence-corrected chi connectivity index (χ3v) is 5.54. The molecule has 2 aromatic rings. The van der Waals surface area contributed by atoms with E-state index in [2.05, 4.69) is 38.0 Å². The number of aliphatic hydroxyl groups is 1. The Balaban J connectivity index is 2.01. The lowest BCUT2D eigenvalue weighted by Crippen LogP contribution is -2.25. The van der Waals surface area contributed by atoms with E-state index in [0.29, 0.717) is 12.5 Å². The second-order valence-corrected chi connectivity index (χ2v) is 7.22. The van der Waals surface area contributed by atoms with Gasteiger partial charge in [0.25, 0.3) is 0 Å². The second-order valence-electron chi connectivity index (χ2n) is 6.16. The van der Waals surface area contributed by atoms with E-state index in [4.69, 9.17) is 0 Å². The molecule has 2 N–H and O–H groups in total. The Kier molecular flexibility index (Phi) is 5.73. The average Bonchev–Trinajstić information content (AvgIpc) is 2.87. The Morgan fingerprint density at radius 2 is 1.86 bits per heavy atom. The second kappa shape index (κ2) is 7.36. The lowest BCUT2D eigenvalue weighted by atomic mass is 10.0. The predicted molar refractivity (Wildman–Crippen MR) is 93.5 cm³/mol. The fourth-order valence-electron chi connectivity index (χ4n) is 2.53. The minimum Gasteiger partial charge on any atom is -0.387 e. The molecule has 0 aliphatic heterocycles. The largest absolute Gasteiger partial charge is 0.387 e. The summed E-state index contributed by atoms with van der Waals surface area (Å²) >= 11 is 1.77. The van der Waals surface area contributed by atoms with Crippen LogP contribution in [0.5, 0.6) is 0 Å². The fraction of sp³-hybridized carbons (Fsp3) is 0.500. The fourth-order valence-corrected chi connectivity index (χ4v) is 3.63. The molecule has 0 fully saturated rings. The lowest BCUT2D eigenvalue weighted by Gasteiger charge is -2.18. The van der Waals surface area contributed by atoms with Gasteiger partial charge in [-0.3, -0.25) is 0 Å². The maximum absolute atomic E-state index is 10.4. The van der Waals surface area contributed by atoms with Crippen LogP contribution in [0.15, 0.2) is 24.3 Å². The first-order valence-corrected chi connectivity index (χ1v) is 8.66. The van der Waals surface area contributed by atoms with E-state index >= 15 is 0 Å². The summed E-state index contributed by atoms with van der Waals surface area (Å²) in [5.74, 6) is 0.460. The van der Waals surface area contributed by atoms with Crippen molar-refractivity contribution < 1.29 is 5.11 Å². The first-order valence-electron chi connectivity index (χ1n) is 7.84. The van der Waals surface area contributed by atoms with Gasteiger partial charge >= 0.3 is 0 Å². The molecule has 2 rings (SSSR count). The van der Waals surface area contributed by atoms with Crippen molar-refractivity contribution in [1.29, 1.82) is 0 Å². The highest BCUT2D eigenvalue weighted by Crippen LogP contribution is 2.29. The first-order chi connectivity index (χ1) is 10.4. The zero-order valence-electron chi connectivity index (χ0n) is 14.1. The summed E-state index contributed by atoms with van der Waals surface area (Å²) in [6, 6.07) is 8.18. The van der Waals surface area contributed by atoms with Crippen LogP contribution in [0, 0.1) is 13.8 Å². The number of thiazole rings is 1. The Morgan fingerprint density at radius 3 is 2.45 bits per heavy atom. The van der Waals surface area contributed by atoms with Crippen molar-refractivity contribution in [2.45, 2.75) is 52.7 Å². The molecule has 0 amide bonds. The van der Waals surface area contributed by atoms with Crippen molar-refractivity contribution in [3.05, 3.63) is 51.0 Å². The van der Waals surface area contributed by atoms with Crippen LogP contribution in [0.4, 0.5) is 0 Å². The standard InChI is InChI=1S/C18H26N2OS/c1-11(2)18-20-14(5)17(22-18)13(4)19-10-16(21)15-9-7-6-8-12(15)3/h6-9,11,13,16,19,21H,10H2,1-5H3. The van der Waals surface area contributed by atoms with Gasteiger partial charge in [0.2, 0.25) is 0 Å². The van der Waals surface area contributed by atoms with Gasteiger partial charge in [-0.2, -0.15) is 0 Å². The number of rotatable bonds is 6. The van der Waals surface area contributed by atoms with Crippen molar-refractivity contribution in [3.63, 3.8) is 0 Å². The lowest BCUT2D eigenvalue weighted by molar-refractivity contribution is 0.170. The van der Waals surface area contributed by atoms with E-state index in [-0.39, 0.29) is 6.04 Å².